The van der Waals surface area contributed by atoms with E-state index in [0.717, 1.165) is 25.4 Å². The van der Waals surface area contributed by atoms with Crippen LogP contribution in [0.15, 0.2) is 73.1 Å². The number of H-pyrrole nitrogens is 1. The summed E-state index contributed by atoms with van der Waals surface area (Å²) in [6.07, 6.45) is 1.43. The Balaban J connectivity index is 1.18. The van der Waals surface area contributed by atoms with E-state index in [4.69, 9.17) is 9.47 Å². The lowest BCUT2D eigenvalue weighted by Crippen LogP contribution is -2.46. The predicted molar refractivity (Wildman–Crippen MR) is 172 cm³/mol. The maximum absolute atomic E-state index is 15.3. The van der Waals surface area contributed by atoms with Gasteiger partial charge in [0.1, 0.15) is 29.3 Å². The van der Waals surface area contributed by atoms with Crippen molar-refractivity contribution in [1.29, 1.82) is 0 Å². The van der Waals surface area contributed by atoms with Crippen LogP contribution in [0.1, 0.15) is 46.5 Å². The van der Waals surface area contributed by atoms with E-state index in [9.17, 15) is 27.2 Å². The number of carbonyl (C=O) groups excluding carboxylic acids is 2. The van der Waals surface area contributed by atoms with Gasteiger partial charge < -0.3 is 25.1 Å². The van der Waals surface area contributed by atoms with Gasteiger partial charge in [0, 0.05) is 37.2 Å². The van der Waals surface area contributed by atoms with Gasteiger partial charge in [-0.2, -0.15) is 0 Å². The molecular weight excluding hydrogens is 661 g/mol. The van der Waals surface area contributed by atoms with Crippen molar-refractivity contribution >= 4 is 22.9 Å². The first kappa shape index (κ1) is 34.6. The predicted octanol–water partition coefficient (Wildman–Crippen LogP) is 5.98. The molecule has 0 unspecified atom stereocenters. The maximum atomic E-state index is 15.3. The molecule has 3 aromatic carbocycles. The molecule has 1 amide bonds. The number of hydrogen-bond donors (Lipinski definition) is 3. The quantitative estimate of drug-likeness (QED) is 0.146. The fourth-order valence-corrected chi connectivity index (χ4v) is 6.16. The summed E-state index contributed by atoms with van der Waals surface area (Å²) in [5.41, 5.74) is 2.11. The summed E-state index contributed by atoms with van der Waals surface area (Å²) < 4.78 is 81.1. The first-order valence-corrected chi connectivity index (χ1v) is 15.8. The Hall–Kier alpha value is -5.21. The lowest BCUT2D eigenvalue weighted by atomic mass is 9.81. The summed E-state index contributed by atoms with van der Waals surface area (Å²) >= 11 is 0. The highest BCUT2D eigenvalue weighted by atomic mass is 19.2. The van der Waals surface area contributed by atoms with Crippen molar-refractivity contribution in [2.24, 2.45) is 0 Å². The zero-order valence-corrected chi connectivity index (χ0v) is 26.7. The SMILES string of the molecule is COC(=O)N[C@H](C(=O)Cc1cncc(F)c1CC[C@@H]1CN[C@H](c2nc3cc(F)c(F)cc3[nH]2)CO1)C(c1ccc(F)cc1)c1ccc(F)cc1. The number of aromatic amines is 1. The van der Waals surface area contributed by atoms with Crippen LogP contribution in [-0.2, 0) is 27.1 Å². The molecule has 0 saturated carbocycles. The van der Waals surface area contributed by atoms with Gasteiger partial charge in [0.25, 0.3) is 0 Å². The Labute approximate surface area is 283 Å². The van der Waals surface area contributed by atoms with Gasteiger partial charge in [-0.05, 0) is 59.4 Å². The third-order valence-corrected chi connectivity index (χ3v) is 8.74. The summed E-state index contributed by atoms with van der Waals surface area (Å²) in [6, 6.07) is 11.1. The van der Waals surface area contributed by atoms with Gasteiger partial charge in [-0.1, -0.05) is 24.3 Å². The molecule has 14 heteroatoms. The molecule has 0 aliphatic carbocycles. The van der Waals surface area contributed by atoms with E-state index in [0.29, 0.717) is 41.0 Å². The molecule has 0 spiro atoms. The number of hydrogen-bond acceptors (Lipinski definition) is 7. The number of fused-ring (bicyclic) bond motifs is 1. The zero-order chi connectivity index (χ0) is 35.4. The van der Waals surface area contributed by atoms with E-state index >= 15 is 4.39 Å². The van der Waals surface area contributed by atoms with Crippen molar-refractivity contribution in [3.8, 4) is 0 Å². The number of alkyl carbamates (subject to hydrolysis) is 1. The molecule has 0 radical (unpaired) electrons. The largest absolute Gasteiger partial charge is 0.453 e. The van der Waals surface area contributed by atoms with Crippen molar-refractivity contribution in [2.45, 2.75) is 43.4 Å². The van der Waals surface area contributed by atoms with Crippen LogP contribution in [0.3, 0.4) is 0 Å². The number of imidazole rings is 1. The first-order valence-electron chi connectivity index (χ1n) is 15.8. The number of Topliss-reactive ketones (excluding diaryl/α,β-unsaturated/α-hetero) is 1. The maximum Gasteiger partial charge on any atom is 0.407 e. The number of halogens is 5. The monoisotopic (exact) mass is 693 g/mol. The number of benzene rings is 3. The minimum absolute atomic E-state index is 0.186. The first-order chi connectivity index (χ1) is 24.1. The number of ether oxygens (including phenoxy) is 2. The molecule has 5 aromatic rings. The van der Waals surface area contributed by atoms with Crippen molar-refractivity contribution in [1.82, 2.24) is 25.6 Å². The number of amides is 1. The molecule has 3 atom stereocenters. The summed E-state index contributed by atoms with van der Waals surface area (Å²) in [6.45, 7) is 0.558. The Morgan fingerprint density at radius 3 is 2.22 bits per heavy atom. The van der Waals surface area contributed by atoms with E-state index in [1.165, 1.54) is 54.7 Å². The number of pyridine rings is 1. The number of nitrogens with zero attached hydrogens (tertiary/aromatic N) is 2. The average molecular weight is 694 g/mol. The van der Waals surface area contributed by atoms with Gasteiger partial charge in [-0.25, -0.2) is 31.7 Å². The summed E-state index contributed by atoms with van der Waals surface area (Å²) in [5, 5.41) is 5.87. The number of aromatic nitrogens is 3. The zero-order valence-electron chi connectivity index (χ0n) is 26.7. The standard InChI is InChI=1S/C36H32F5N5O4/c1-49-36(48)46-34(33(19-2-6-22(37)7-3-19)20-4-8-23(38)9-5-20)32(47)12-21-15-42-17-28(41)25(21)11-10-24-16-43-31(18-50-24)35-44-29-13-26(39)27(40)14-30(29)45-35/h2-9,13-15,17,24,31,33-34,43H,10-12,16,18H2,1H3,(H,44,45)(H,46,48)/t24-,31+,34-/m1/s1. The number of rotatable bonds is 11. The second-order valence-corrected chi connectivity index (χ2v) is 12.0. The molecule has 1 saturated heterocycles. The fourth-order valence-electron chi connectivity index (χ4n) is 6.16. The van der Waals surface area contributed by atoms with Gasteiger partial charge in [0.2, 0.25) is 0 Å². The number of morpholine rings is 1. The average Bonchev–Trinajstić information content (AvgIpc) is 3.52. The van der Waals surface area contributed by atoms with Crippen LogP contribution in [0, 0.1) is 29.1 Å². The Kier molecular flexibility index (Phi) is 10.5. The molecule has 260 valence electrons. The number of carbonyl (C=O) groups is 2. The smallest absolute Gasteiger partial charge is 0.407 e. The molecule has 1 aliphatic rings. The summed E-state index contributed by atoms with van der Waals surface area (Å²) in [5.74, 6) is -4.57. The molecular formula is C36H32F5N5O4. The Bertz CT molecular complexity index is 1900. The minimum atomic E-state index is -1.27. The van der Waals surface area contributed by atoms with Crippen LogP contribution in [0.4, 0.5) is 26.7 Å². The lowest BCUT2D eigenvalue weighted by Gasteiger charge is -2.30. The number of nitrogens with one attached hydrogen (secondary N) is 3. The van der Waals surface area contributed by atoms with Gasteiger partial charge in [0.05, 0.1) is 43.1 Å². The molecule has 3 N–H and O–H groups in total. The topological polar surface area (TPSA) is 118 Å². The van der Waals surface area contributed by atoms with E-state index in [2.05, 4.69) is 25.6 Å². The van der Waals surface area contributed by atoms with Crippen LogP contribution in [0.25, 0.3) is 11.0 Å². The molecule has 50 heavy (non-hydrogen) atoms. The number of methoxy groups -OCH3 is 1. The van der Waals surface area contributed by atoms with Crippen molar-refractivity contribution in [2.75, 3.05) is 20.3 Å². The summed E-state index contributed by atoms with van der Waals surface area (Å²) in [7, 11) is 1.14. The Morgan fingerprint density at radius 1 is 0.940 bits per heavy atom. The normalized spacial score (nSPS) is 16.8. The van der Waals surface area contributed by atoms with Crippen LogP contribution in [0.5, 0.6) is 0 Å². The molecule has 9 nitrogen and oxygen atoms in total. The van der Waals surface area contributed by atoms with E-state index in [1.807, 2.05) is 0 Å². The van der Waals surface area contributed by atoms with Crippen molar-refractivity contribution < 1.29 is 41.0 Å². The van der Waals surface area contributed by atoms with Crippen LogP contribution in [-0.4, -0.2) is 59.2 Å². The molecule has 2 aromatic heterocycles. The van der Waals surface area contributed by atoms with Crippen LogP contribution < -0.4 is 10.6 Å². The van der Waals surface area contributed by atoms with E-state index < -0.39 is 52.9 Å². The van der Waals surface area contributed by atoms with Crippen molar-refractivity contribution in [3.05, 3.63) is 130 Å². The number of ketones is 1. The fraction of sp³-hybridized carbons (Fsp3) is 0.278. The molecule has 0 bridgehead atoms. The third kappa shape index (κ3) is 7.81. The minimum Gasteiger partial charge on any atom is -0.453 e. The molecule has 3 heterocycles. The summed E-state index contributed by atoms with van der Waals surface area (Å²) in [4.78, 5) is 37.9. The second kappa shape index (κ2) is 15.1. The van der Waals surface area contributed by atoms with Gasteiger partial charge in [-0.15, -0.1) is 0 Å². The van der Waals surface area contributed by atoms with E-state index in [-0.39, 0.29) is 42.7 Å². The lowest BCUT2D eigenvalue weighted by molar-refractivity contribution is -0.120. The third-order valence-electron chi connectivity index (χ3n) is 8.74. The second-order valence-electron chi connectivity index (χ2n) is 12.0. The Morgan fingerprint density at radius 2 is 1.60 bits per heavy atom. The van der Waals surface area contributed by atoms with Crippen molar-refractivity contribution in [3.63, 3.8) is 0 Å². The molecule has 6 rings (SSSR count). The highest BCUT2D eigenvalue weighted by Gasteiger charge is 2.34. The van der Waals surface area contributed by atoms with Crippen LogP contribution >= 0.6 is 0 Å². The molecule has 1 aliphatic heterocycles. The van der Waals surface area contributed by atoms with E-state index in [1.54, 1.807) is 0 Å². The van der Waals surface area contributed by atoms with Gasteiger partial charge in [-0.3, -0.25) is 9.78 Å². The van der Waals surface area contributed by atoms with Gasteiger partial charge >= 0.3 is 6.09 Å². The highest BCUT2D eigenvalue weighted by Crippen LogP contribution is 2.31. The van der Waals surface area contributed by atoms with Crippen LogP contribution in [0.2, 0.25) is 0 Å². The highest BCUT2D eigenvalue weighted by molar-refractivity contribution is 5.91. The molecule has 1 fully saturated rings. The van der Waals surface area contributed by atoms with Gasteiger partial charge in [0.15, 0.2) is 17.4 Å².